The molecule has 0 N–H and O–H groups in total. The van der Waals surface area contributed by atoms with Crippen LogP contribution in [0.5, 0.6) is 0 Å². The Kier molecular flexibility index (Phi) is 7.69. The van der Waals surface area contributed by atoms with Crippen LogP contribution < -0.4 is 0 Å². The largest absolute Gasteiger partial charge is 0.465 e. The summed E-state index contributed by atoms with van der Waals surface area (Å²) in [5.74, 6) is 0.210. The summed E-state index contributed by atoms with van der Waals surface area (Å²) in [4.78, 5) is 14.7. The smallest absolute Gasteiger partial charge is 0.338 e. The van der Waals surface area contributed by atoms with E-state index in [4.69, 9.17) is 4.74 Å². The number of ether oxygens (including phenoxy) is 1. The molecule has 0 saturated heterocycles. The molecule has 4 heteroatoms. The van der Waals surface area contributed by atoms with E-state index in [2.05, 4.69) is 79.8 Å². The molecule has 0 saturated carbocycles. The maximum atomic E-state index is 12.3. The Morgan fingerprint density at radius 1 is 0.968 bits per heavy atom. The SMILES string of the molecule is COC(=O)c1ccccc1CN(Cc1cccn1Cc1ccc(C)cc1)[C@H](C)C(C)C. The first-order valence-corrected chi connectivity index (χ1v) is 11.0. The molecule has 2 aromatic carbocycles. The van der Waals surface area contributed by atoms with Crippen molar-refractivity contribution in [2.45, 2.75) is 53.4 Å². The number of hydrogen-bond acceptors (Lipinski definition) is 3. The van der Waals surface area contributed by atoms with Gasteiger partial charge in [-0.2, -0.15) is 0 Å². The molecule has 3 aromatic rings. The maximum absolute atomic E-state index is 12.3. The normalized spacial score (nSPS) is 12.4. The number of aromatic nitrogens is 1. The van der Waals surface area contributed by atoms with E-state index in [1.165, 1.54) is 23.9 Å². The van der Waals surface area contributed by atoms with Crippen molar-refractivity contribution in [1.82, 2.24) is 9.47 Å². The topological polar surface area (TPSA) is 34.5 Å². The molecular formula is C27H34N2O2. The number of methoxy groups -OCH3 is 1. The Bertz CT molecular complexity index is 988. The molecule has 0 unspecified atom stereocenters. The van der Waals surface area contributed by atoms with Gasteiger partial charge in [-0.05, 0) is 49.1 Å². The van der Waals surface area contributed by atoms with E-state index < -0.39 is 0 Å². The number of nitrogens with zero attached hydrogens (tertiary/aromatic N) is 2. The molecule has 0 aliphatic rings. The van der Waals surface area contributed by atoms with E-state index >= 15 is 0 Å². The van der Waals surface area contributed by atoms with Crippen LogP contribution in [-0.4, -0.2) is 28.6 Å². The van der Waals surface area contributed by atoms with Gasteiger partial charge in [0.25, 0.3) is 0 Å². The molecule has 31 heavy (non-hydrogen) atoms. The number of aryl methyl sites for hydroxylation is 1. The minimum absolute atomic E-state index is 0.282. The quantitative estimate of drug-likeness (QED) is 0.419. The third-order valence-corrected chi connectivity index (χ3v) is 6.10. The summed E-state index contributed by atoms with van der Waals surface area (Å²) in [6.45, 7) is 11.2. The van der Waals surface area contributed by atoms with Gasteiger partial charge < -0.3 is 9.30 Å². The average molecular weight is 419 g/mol. The second-order valence-corrected chi connectivity index (χ2v) is 8.65. The molecule has 0 fully saturated rings. The number of carbonyl (C=O) groups is 1. The molecule has 0 amide bonds. The van der Waals surface area contributed by atoms with Crippen molar-refractivity contribution in [3.05, 3.63) is 94.8 Å². The molecular weight excluding hydrogens is 384 g/mol. The van der Waals surface area contributed by atoms with E-state index in [9.17, 15) is 4.79 Å². The molecule has 1 atom stereocenters. The standard InChI is InChI=1S/C27H34N2O2/c1-20(2)22(4)29(18-24-9-6-7-11-26(24)27(30)31-5)19-25-10-8-16-28(25)17-23-14-12-21(3)13-15-23/h6-16,20,22H,17-19H2,1-5H3/t22-/m1/s1. The molecule has 164 valence electrons. The van der Waals surface area contributed by atoms with E-state index in [1.54, 1.807) is 0 Å². The van der Waals surface area contributed by atoms with Gasteiger partial charge in [-0.15, -0.1) is 0 Å². The lowest BCUT2D eigenvalue weighted by Crippen LogP contribution is -2.36. The van der Waals surface area contributed by atoms with Gasteiger partial charge in [0, 0.05) is 37.6 Å². The summed E-state index contributed by atoms with van der Waals surface area (Å²) in [6, 6.07) is 21.1. The minimum Gasteiger partial charge on any atom is -0.465 e. The molecule has 0 spiro atoms. The van der Waals surface area contributed by atoms with Gasteiger partial charge in [0.05, 0.1) is 12.7 Å². The van der Waals surface area contributed by atoms with Crippen molar-refractivity contribution in [1.29, 1.82) is 0 Å². The Hall–Kier alpha value is -2.85. The van der Waals surface area contributed by atoms with Gasteiger partial charge in [0.2, 0.25) is 0 Å². The lowest BCUT2D eigenvalue weighted by atomic mass is 10.0. The van der Waals surface area contributed by atoms with Crippen LogP contribution in [0.25, 0.3) is 0 Å². The van der Waals surface area contributed by atoms with Crippen molar-refractivity contribution in [2.75, 3.05) is 7.11 Å². The van der Waals surface area contributed by atoms with Gasteiger partial charge in [0.15, 0.2) is 0 Å². The van der Waals surface area contributed by atoms with E-state index in [0.29, 0.717) is 24.1 Å². The predicted octanol–water partition coefficient (Wildman–Crippen LogP) is 5.68. The fourth-order valence-corrected chi connectivity index (χ4v) is 3.80. The lowest BCUT2D eigenvalue weighted by molar-refractivity contribution is 0.0596. The van der Waals surface area contributed by atoms with Crippen molar-refractivity contribution < 1.29 is 9.53 Å². The fourth-order valence-electron chi connectivity index (χ4n) is 3.80. The zero-order chi connectivity index (χ0) is 22.4. The van der Waals surface area contributed by atoms with Gasteiger partial charge in [-0.25, -0.2) is 4.79 Å². The number of benzene rings is 2. The molecule has 0 aliphatic heterocycles. The van der Waals surface area contributed by atoms with Crippen LogP contribution in [-0.2, 0) is 24.4 Å². The highest BCUT2D eigenvalue weighted by Gasteiger charge is 2.21. The van der Waals surface area contributed by atoms with Crippen molar-refractivity contribution in [3.8, 4) is 0 Å². The molecule has 0 bridgehead atoms. The first-order valence-electron chi connectivity index (χ1n) is 11.0. The van der Waals surface area contributed by atoms with E-state index in [0.717, 1.165) is 18.7 Å². The zero-order valence-corrected chi connectivity index (χ0v) is 19.3. The first-order chi connectivity index (χ1) is 14.9. The molecule has 4 nitrogen and oxygen atoms in total. The number of rotatable bonds is 9. The van der Waals surface area contributed by atoms with Crippen LogP contribution in [0.15, 0.2) is 66.9 Å². The van der Waals surface area contributed by atoms with Crippen molar-refractivity contribution in [3.63, 3.8) is 0 Å². The number of hydrogen-bond donors (Lipinski definition) is 0. The minimum atomic E-state index is -0.282. The van der Waals surface area contributed by atoms with Crippen molar-refractivity contribution in [2.24, 2.45) is 5.92 Å². The summed E-state index contributed by atoms with van der Waals surface area (Å²) in [5.41, 5.74) is 5.48. The van der Waals surface area contributed by atoms with Crippen LogP contribution >= 0.6 is 0 Å². The molecule has 3 rings (SSSR count). The number of esters is 1. The third kappa shape index (κ3) is 5.86. The average Bonchev–Trinajstić information content (AvgIpc) is 3.20. The second kappa shape index (κ2) is 10.5. The molecule has 1 aromatic heterocycles. The van der Waals surface area contributed by atoms with Crippen LogP contribution in [0.3, 0.4) is 0 Å². The second-order valence-electron chi connectivity index (χ2n) is 8.65. The van der Waals surface area contributed by atoms with Crippen LogP contribution in [0, 0.1) is 12.8 Å². The highest BCUT2D eigenvalue weighted by Crippen LogP contribution is 2.21. The monoisotopic (exact) mass is 418 g/mol. The maximum Gasteiger partial charge on any atom is 0.338 e. The van der Waals surface area contributed by atoms with Gasteiger partial charge in [0.1, 0.15) is 0 Å². The van der Waals surface area contributed by atoms with E-state index in [1.807, 2.05) is 24.3 Å². The molecule has 1 heterocycles. The zero-order valence-electron chi connectivity index (χ0n) is 19.3. The Balaban J connectivity index is 1.84. The third-order valence-electron chi connectivity index (χ3n) is 6.10. The first kappa shape index (κ1) is 22.8. The Morgan fingerprint density at radius 2 is 1.68 bits per heavy atom. The van der Waals surface area contributed by atoms with Crippen LogP contribution in [0.2, 0.25) is 0 Å². The molecule has 0 radical (unpaired) electrons. The van der Waals surface area contributed by atoms with Crippen LogP contribution in [0.1, 0.15) is 53.5 Å². The summed E-state index contributed by atoms with van der Waals surface area (Å²) in [7, 11) is 1.44. The Labute approximate surface area is 186 Å². The summed E-state index contributed by atoms with van der Waals surface area (Å²) < 4.78 is 7.32. The van der Waals surface area contributed by atoms with Gasteiger partial charge in [-0.1, -0.05) is 61.9 Å². The summed E-state index contributed by atoms with van der Waals surface area (Å²) >= 11 is 0. The van der Waals surface area contributed by atoms with Crippen LogP contribution in [0.4, 0.5) is 0 Å². The Morgan fingerprint density at radius 3 is 2.35 bits per heavy atom. The van der Waals surface area contributed by atoms with Gasteiger partial charge >= 0.3 is 5.97 Å². The van der Waals surface area contributed by atoms with Gasteiger partial charge in [-0.3, -0.25) is 4.90 Å². The molecule has 0 aliphatic carbocycles. The fraction of sp³-hybridized carbons (Fsp3) is 0.370. The summed E-state index contributed by atoms with van der Waals surface area (Å²) in [5, 5.41) is 0. The number of carbonyl (C=O) groups excluding carboxylic acids is 1. The van der Waals surface area contributed by atoms with Crippen molar-refractivity contribution >= 4 is 5.97 Å². The highest BCUT2D eigenvalue weighted by molar-refractivity contribution is 5.90. The highest BCUT2D eigenvalue weighted by atomic mass is 16.5. The summed E-state index contributed by atoms with van der Waals surface area (Å²) in [6.07, 6.45) is 2.15. The predicted molar refractivity (Wildman–Crippen MR) is 126 cm³/mol. The van der Waals surface area contributed by atoms with E-state index in [-0.39, 0.29) is 5.97 Å². The lowest BCUT2D eigenvalue weighted by Gasteiger charge is -2.32.